The quantitative estimate of drug-likeness (QED) is 0.829. The molecule has 0 spiro atoms. The topological polar surface area (TPSA) is 99.5 Å². The van der Waals surface area contributed by atoms with Crippen LogP contribution in [0.25, 0.3) is 0 Å². The fraction of sp³-hybridized carbons (Fsp3) is 0.579. The van der Waals surface area contributed by atoms with E-state index in [0.29, 0.717) is 17.7 Å². The van der Waals surface area contributed by atoms with Crippen LogP contribution in [0.2, 0.25) is 0 Å². The van der Waals surface area contributed by atoms with Gasteiger partial charge in [0, 0.05) is 19.1 Å². The molecule has 1 heterocycles. The summed E-state index contributed by atoms with van der Waals surface area (Å²) in [7, 11) is -3.63. The van der Waals surface area contributed by atoms with E-state index in [1.165, 1.54) is 0 Å². The Balaban J connectivity index is 2.02. The molecule has 0 saturated carbocycles. The molecule has 0 unspecified atom stereocenters. The summed E-state index contributed by atoms with van der Waals surface area (Å²) in [6.45, 7) is 6.10. The first-order valence-electron chi connectivity index (χ1n) is 9.06. The Labute approximate surface area is 161 Å². The highest BCUT2D eigenvalue weighted by Gasteiger charge is 2.31. The molecule has 1 saturated heterocycles. The lowest BCUT2D eigenvalue weighted by molar-refractivity contribution is 0.0105. The van der Waals surface area contributed by atoms with Crippen LogP contribution in [-0.2, 0) is 20.5 Å². The molecule has 7 nitrogen and oxygen atoms in total. The van der Waals surface area contributed by atoms with Crippen molar-refractivity contribution in [2.45, 2.75) is 57.4 Å². The van der Waals surface area contributed by atoms with E-state index in [9.17, 15) is 13.2 Å². The van der Waals surface area contributed by atoms with Crippen molar-refractivity contribution in [3.63, 3.8) is 0 Å². The Hall–Kier alpha value is -2.11. The minimum atomic E-state index is -3.63. The van der Waals surface area contributed by atoms with Gasteiger partial charge in [-0.15, -0.1) is 0 Å². The van der Waals surface area contributed by atoms with E-state index in [2.05, 4.69) is 4.72 Å². The number of piperidine rings is 1. The maximum Gasteiger partial charge on any atom is 0.410 e. The van der Waals surface area contributed by atoms with Gasteiger partial charge in [-0.25, -0.2) is 17.9 Å². The first kappa shape index (κ1) is 21.2. The smallest absolute Gasteiger partial charge is 0.410 e. The molecule has 148 valence electrons. The van der Waals surface area contributed by atoms with Crippen LogP contribution < -0.4 is 4.72 Å². The number of hydrogen-bond donors (Lipinski definition) is 1. The van der Waals surface area contributed by atoms with Crippen molar-refractivity contribution in [3.05, 3.63) is 35.4 Å². The zero-order chi connectivity index (χ0) is 20.1. The molecule has 1 aliphatic rings. The minimum absolute atomic E-state index is 0.135. The van der Waals surface area contributed by atoms with Gasteiger partial charge in [-0.2, -0.15) is 5.26 Å². The van der Waals surface area contributed by atoms with Crippen molar-refractivity contribution in [2.75, 3.05) is 13.1 Å². The number of amides is 1. The van der Waals surface area contributed by atoms with Gasteiger partial charge in [-0.05, 0) is 51.7 Å². The average Bonchev–Trinajstić information content (AvgIpc) is 2.59. The maximum absolute atomic E-state index is 12.5. The Morgan fingerprint density at radius 1 is 1.33 bits per heavy atom. The zero-order valence-electron chi connectivity index (χ0n) is 16.1. The van der Waals surface area contributed by atoms with E-state index in [1.807, 2.05) is 6.07 Å². The second-order valence-electron chi connectivity index (χ2n) is 7.70. The Bertz CT molecular complexity index is 809. The molecule has 2 rings (SSSR count). The summed E-state index contributed by atoms with van der Waals surface area (Å²) >= 11 is 0. The van der Waals surface area contributed by atoms with Gasteiger partial charge in [-0.1, -0.05) is 18.2 Å². The number of hydrogen-bond acceptors (Lipinski definition) is 5. The van der Waals surface area contributed by atoms with Crippen LogP contribution in [-0.4, -0.2) is 44.1 Å². The van der Waals surface area contributed by atoms with Gasteiger partial charge in [-0.3, -0.25) is 0 Å². The highest BCUT2D eigenvalue weighted by atomic mass is 32.2. The highest BCUT2D eigenvalue weighted by Crippen LogP contribution is 2.20. The van der Waals surface area contributed by atoms with Gasteiger partial charge >= 0.3 is 6.09 Å². The van der Waals surface area contributed by atoms with Crippen LogP contribution >= 0.6 is 0 Å². The molecule has 1 amide bonds. The van der Waals surface area contributed by atoms with Gasteiger partial charge in [0.05, 0.1) is 17.4 Å². The monoisotopic (exact) mass is 393 g/mol. The van der Waals surface area contributed by atoms with Crippen molar-refractivity contribution < 1.29 is 17.9 Å². The van der Waals surface area contributed by atoms with Crippen LogP contribution in [0.5, 0.6) is 0 Å². The third-order valence-corrected chi connectivity index (χ3v) is 5.57. The largest absolute Gasteiger partial charge is 0.444 e. The molecule has 0 radical (unpaired) electrons. The van der Waals surface area contributed by atoms with Crippen LogP contribution in [0.15, 0.2) is 24.3 Å². The molecule has 1 aliphatic heterocycles. The summed E-state index contributed by atoms with van der Waals surface area (Å²) in [6, 6.07) is 8.39. The van der Waals surface area contributed by atoms with Crippen LogP contribution in [0, 0.1) is 11.3 Å². The Morgan fingerprint density at radius 2 is 2.04 bits per heavy atom. The molecule has 1 fully saturated rings. The lowest BCUT2D eigenvalue weighted by atomic mass is 10.0. The first-order valence-corrected chi connectivity index (χ1v) is 10.7. The van der Waals surface area contributed by atoms with Gasteiger partial charge in [0.25, 0.3) is 0 Å². The standard InChI is InChI=1S/C19H27N3O4S/c1-19(2,3)26-18(23)22-11-7-6-10-17(22)13-21-27(24,25)14-16-9-5-4-8-15(16)12-20/h4-5,8-9,17,21H,6-7,10-11,13-14H2,1-3H3/t17-/m1/s1. The number of nitriles is 1. The SMILES string of the molecule is CC(C)(C)OC(=O)N1CCCC[C@@H]1CNS(=O)(=O)Cc1ccccc1C#N. The summed E-state index contributed by atoms with van der Waals surface area (Å²) in [4.78, 5) is 14.0. The fourth-order valence-corrected chi connectivity index (χ4v) is 4.22. The van der Waals surface area contributed by atoms with Crippen LogP contribution in [0.3, 0.4) is 0 Å². The molecule has 1 aromatic rings. The molecular weight excluding hydrogens is 366 g/mol. The molecule has 1 N–H and O–H groups in total. The Morgan fingerprint density at radius 3 is 2.70 bits per heavy atom. The van der Waals surface area contributed by atoms with Gasteiger partial charge in [0.1, 0.15) is 5.60 Å². The number of ether oxygens (including phenoxy) is 1. The van der Waals surface area contributed by atoms with Crippen molar-refractivity contribution in [1.82, 2.24) is 9.62 Å². The number of carbonyl (C=O) groups excluding carboxylic acids is 1. The van der Waals surface area contributed by atoms with Gasteiger partial charge in [0.2, 0.25) is 10.0 Å². The molecule has 1 atom stereocenters. The molecular formula is C19H27N3O4S. The third-order valence-electron chi connectivity index (χ3n) is 4.28. The number of sulfonamides is 1. The van der Waals surface area contributed by atoms with E-state index >= 15 is 0 Å². The van der Waals surface area contributed by atoms with Crippen LogP contribution in [0.1, 0.15) is 51.2 Å². The summed E-state index contributed by atoms with van der Waals surface area (Å²) < 4.78 is 33.0. The fourth-order valence-electron chi connectivity index (χ4n) is 3.01. The van der Waals surface area contributed by atoms with Crippen molar-refractivity contribution >= 4 is 16.1 Å². The predicted molar refractivity (Wildman–Crippen MR) is 102 cm³/mol. The van der Waals surface area contributed by atoms with E-state index in [1.54, 1.807) is 49.9 Å². The van der Waals surface area contributed by atoms with E-state index in [4.69, 9.17) is 10.00 Å². The van der Waals surface area contributed by atoms with Gasteiger partial charge in [0.15, 0.2) is 0 Å². The van der Waals surface area contributed by atoms with E-state index < -0.39 is 21.7 Å². The number of nitrogens with zero attached hydrogens (tertiary/aromatic N) is 2. The molecule has 0 aliphatic carbocycles. The second-order valence-corrected chi connectivity index (χ2v) is 9.51. The number of likely N-dealkylation sites (tertiary alicyclic amines) is 1. The summed E-state index contributed by atoms with van der Waals surface area (Å²) in [5.74, 6) is -0.268. The highest BCUT2D eigenvalue weighted by molar-refractivity contribution is 7.88. The molecule has 27 heavy (non-hydrogen) atoms. The number of rotatable bonds is 5. The van der Waals surface area contributed by atoms with Crippen molar-refractivity contribution in [3.8, 4) is 6.07 Å². The average molecular weight is 394 g/mol. The number of nitrogens with one attached hydrogen (secondary N) is 1. The lowest BCUT2D eigenvalue weighted by Crippen LogP contribution is -2.50. The minimum Gasteiger partial charge on any atom is -0.444 e. The molecule has 8 heteroatoms. The summed E-state index contributed by atoms with van der Waals surface area (Å²) in [6.07, 6.45) is 2.11. The van der Waals surface area contributed by atoms with Gasteiger partial charge < -0.3 is 9.64 Å². The summed E-state index contributed by atoms with van der Waals surface area (Å²) in [5.41, 5.74) is 0.204. The maximum atomic E-state index is 12.5. The predicted octanol–water partition coefficient (Wildman–Crippen LogP) is 2.77. The van der Waals surface area contributed by atoms with Crippen molar-refractivity contribution in [1.29, 1.82) is 5.26 Å². The lowest BCUT2D eigenvalue weighted by Gasteiger charge is -2.36. The third kappa shape index (κ3) is 6.52. The molecule has 1 aromatic carbocycles. The first-order chi connectivity index (χ1) is 12.6. The molecule has 0 bridgehead atoms. The number of benzene rings is 1. The van der Waals surface area contributed by atoms with Crippen LogP contribution in [0.4, 0.5) is 4.79 Å². The Kier molecular flexibility index (Phi) is 6.84. The van der Waals surface area contributed by atoms with E-state index in [0.717, 1.165) is 19.3 Å². The molecule has 0 aromatic heterocycles. The summed E-state index contributed by atoms with van der Waals surface area (Å²) in [5, 5.41) is 9.11. The van der Waals surface area contributed by atoms with E-state index in [-0.39, 0.29) is 18.3 Å². The second kappa shape index (κ2) is 8.72. The van der Waals surface area contributed by atoms with Crippen molar-refractivity contribution in [2.24, 2.45) is 0 Å². The normalized spacial score (nSPS) is 18.0. The number of carbonyl (C=O) groups is 1. The zero-order valence-corrected chi connectivity index (χ0v) is 16.9.